The third kappa shape index (κ3) is 2.98. The quantitative estimate of drug-likeness (QED) is 0.683. The molecule has 3 unspecified atom stereocenters. The van der Waals surface area contributed by atoms with E-state index in [1.165, 1.54) is 0 Å². The van der Waals surface area contributed by atoms with E-state index in [1.54, 1.807) is 0 Å². The van der Waals surface area contributed by atoms with E-state index < -0.39 is 0 Å². The fraction of sp³-hybridized carbons (Fsp3) is 0.900. The minimum atomic E-state index is 0.182. The lowest BCUT2D eigenvalue weighted by atomic mass is 10.0. The van der Waals surface area contributed by atoms with Gasteiger partial charge < -0.3 is 10.4 Å². The molecule has 0 bridgehead atoms. The Bertz CT molecular complexity index is 188. The van der Waals surface area contributed by atoms with Crippen molar-refractivity contribution in [2.45, 2.75) is 44.7 Å². The van der Waals surface area contributed by atoms with Crippen molar-refractivity contribution < 1.29 is 5.11 Å². The molecule has 3 atom stereocenters. The first-order chi connectivity index (χ1) is 6.27. The van der Waals surface area contributed by atoms with Crippen LogP contribution in [0.5, 0.6) is 0 Å². The summed E-state index contributed by atoms with van der Waals surface area (Å²) in [5.41, 5.74) is 0. The average molecular weight is 182 g/mol. The highest BCUT2D eigenvalue weighted by Crippen LogP contribution is 2.25. The van der Waals surface area contributed by atoms with Gasteiger partial charge in [0.15, 0.2) is 0 Å². The molecule has 1 fully saturated rings. The molecule has 0 aromatic carbocycles. The second-order valence-electron chi connectivity index (χ2n) is 3.85. The van der Waals surface area contributed by atoms with Crippen LogP contribution in [0.4, 0.5) is 0 Å². The smallest absolute Gasteiger partial charge is 0.0672 e. The first-order valence-electron chi connectivity index (χ1n) is 5.04. The highest BCUT2D eigenvalue weighted by molar-refractivity contribution is 4.97. The summed E-state index contributed by atoms with van der Waals surface area (Å²) < 4.78 is 0. The number of hydrogen-bond acceptors (Lipinski definition) is 3. The summed E-state index contributed by atoms with van der Waals surface area (Å²) in [5.74, 6) is 0.182. The number of nitriles is 1. The standard InChI is InChI=1S/C10H18N2O/c1-8(5-6-13)12-10-4-2-3-9(10)7-11/h8-10,12-13H,2-6H2,1H3. The van der Waals surface area contributed by atoms with Crippen LogP contribution in [-0.2, 0) is 0 Å². The SMILES string of the molecule is CC(CCO)NC1CCCC1C#N. The largest absolute Gasteiger partial charge is 0.396 e. The Kier molecular flexibility index (Phi) is 4.20. The third-order valence-corrected chi connectivity index (χ3v) is 2.74. The summed E-state index contributed by atoms with van der Waals surface area (Å²) in [6, 6.07) is 3.01. The van der Waals surface area contributed by atoms with Gasteiger partial charge in [0, 0.05) is 18.7 Å². The van der Waals surface area contributed by atoms with Crippen LogP contribution in [0.15, 0.2) is 0 Å². The van der Waals surface area contributed by atoms with E-state index >= 15 is 0 Å². The molecule has 0 radical (unpaired) electrons. The Morgan fingerprint density at radius 2 is 2.38 bits per heavy atom. The molecule has 0 heterocycles. The zero-order valence-electron chi connectivity index (χ0n) is 8.16. The summed E-state index contributed by atoms with van der Waals surface area (Å²) in [6.07, 6.45) is 4.06. The van der Waals surface area contributed by atoms with Crippen LogP contribution in [0.1, 0.15) is 32.6 Å². The molecule has 74 valence electrons. The molecule has 1 aliphatic rings. The van der Waals surface area contributed by atoms with Gasteiger partial charge in [-0.05, 0) is 26.2 Å². The summed E-state index contributed by atoms with van der Waals surface area (Å²) in [6.45, 7) is 2.28. The molecule has 3 nitrogen and oxygen atoms in total. The van der Waals surface area contributed by atoms with Gasteiger partial charge in [0.1, 0.15) is 0 Å². The van der Waals surface area contributed by atoms with Crippen molar-refractivity contribution in [3.63, 3.8) is 0 Å². The lowest BCUT2D eigenvalue weighted by Crippen LogP contribution is -2.38. The second-order valence-corrected chi connectivity index (χ2v) is 3.85. The van der Waals surface area contributed by atoms with Crippen LogP contribution in [-0.4, -0.2) is 23.8 Å². The maximum Gasteiger partial charge on any atom is 0.0672 e. The molecule has 0 aliphatic heterocycles. The molecule has 0 aromatic rings. The van der Waals surface area contributed by atoms with Crippen molar-refractivity contribution in [1.82, 2.24) is 5.32 Å². The van der Waals surface area contributed by atoms with Crippen molar-refractivity contribution in [3.05, 3.63) is 0 Å². The number of nitrogens with one attached hydrogen (secondary N) is 1. The highest BCUT2D eigenvalue weighted by Gasteiger charge is 2.27. The molecule has 1 aliphatic carbocycles. The number of nitrogens with zero attached hydrogens (tertiary/aromatic N) is 1. The van der Waals surface area contributed by atoms with Gasteiger partial charge in [0.05, 0.1) is 12.0 Å². The van der Waals surface area contributed by atoms with Crippen LogP contribution < -0.4 is 5.32 Å². The zero-order valence-corrected chi connectivity index (χ0v) is 8.16. The van der Waals surface area contributed by atoms with E-state index in [1.807, 2.05) is 0 Å². The Morgan fingerprint density at radius 1 is 1.62 bits per heavy atom. The van der Waals surface area contributed by atoms with Crippen molar-refractivity contribution >= 4 is 0 Å². The second kappa shape index (κ2) is 5.21. The van der Waals surface area contributed by atoms with E-state index in [2.05, 4.69) is 18.3 Å². The lowest BCUT2D eigenvalue weighted by molar-refractivity contribution is 0.260. The fourth-order valence-corrected chi connectivity index (χ4v) is 1.96. The van der Waals surface area contributed by atoms with Crippen LogP contribution in [0.3, 0.4) is 0 Å². The Hall–Kier alpha value is -0.590. The van der Waals surface area contributed by atoms with Crippen LogP contribution >= 0.6 is 0 Å². The van der Waals surface area contributed by atoms with Crippen molar-refractivity contribution in [2.75, 3.05) is 6.61 Å². The lowest BCUT2D eigenvalue weighted by Gasteiger charge is -2.20. The normalized spacial score (nSPS) is 29.9. The van der Waals surface area contributed by atoms with Gasteiger partial charge in [0.2, 0.25) is 0 Å². The number of aliphatic hydroxyl groups is 1. The van der Waals surface area contributed by atoms with E-state index in [4.69, 9.17) is 10.4 Å². The van der Waals surface area contributed by atoms with Crippen molar-refractivity contribution in [3.8, 4) is 6.07 Å². The van der Waals surface area contributed by atoms with E-state index in [0.717, 1.165) is 25.7 Å². The molecule has 1 rings (SSSR count). The van der Waals surface area contributed by atoms with Gasteiger partial charge in [-0.2, -0.15) is 5.26 Å². The summed E-state index contributed by atoms with van der Waals surface area (Å²) in [5, 5.41) is 21.0. The van der Waals surface area contributed by atoms with E-state index in [0.29, 0.717) is 12.1 Å². The third-order valence-electron chi connectivity index (χ3n) is 2.74. The van der Waals surface area contributed by atoms with Gasteiger partial charge in [0.25, 0.3) is 0 Å². The molecule has 2 N–H and O–H groups in total. The predicted molar refractivity (Wildman–Crippen MR) is 51.0 cm³/mol. The highest BCUT2D eigenvalue weighted by atomic mass is 16.3. The zero-order chi connectivity index (χ0) is 9.68. The number of rotatable bonds is 4. The molecule has 0 aromatic heterocycles. The molecule has 0 spiro atoms. The molecule has 3 heteroatoms. The number of aliphatic hydroxyl groups excluding tert-OH is 1. The van der Waals surface area contributed by atoms with Crippen molar-refractivity contribution in [1.29, 1.82) is 5.26 Å². The van der Waals surface area contributed by atoms with Crippen LogP contribution in [0.25, 0.3) is 0 Å². The topological polar surface area (TPSA) is 56.0 Å². The first kappa shape index (κ1) is 10.5. The Morgan fingerprint density at radius 3 is 3.00 bits per heavy atom. The molecular formula is C10H18N2O. The van der Waals surface area contributed by atoms with Gasteiger partial charge in [-0.1, -0.05) is 6.42 Å². The molecule has 0 amide bonds. The number of hydrogen-bond donors (Lipinski definition) is 2. The summed E-state index contributed by atoms with van der Waals surface area (Å²) >= 11 is 0. The monoisotopic (exact) mass is 182 g/mol. The first-order valence-corrected chi connectivity index (χ1v) is 5.04. The maximum atomic E-state index is 8.84. The minimum absolute atomic E-state index is 0.182. The molecule has 1 saturated carbocycles. The van der Waals surface area contributed by atoms with Gasteiger partial charge >= 0.3 is 0 Å². The van der Waals surface area contributed by atoms with Crippen LogP contribution in [0.2, 0.25) is 0 Å². The Balaban J connectivity index is 2.31. The van der Waals surface area contributed by atoms with E-state index in [9.17, 15) is 0 Å². The van der Waals surface area contributed by atoms with Crippen LogP contribution in [0, 0.1) is 17.2 Å². The van der Waals surface area contributed by atoms with Gasteiger partial charge in [-0.15, -0.1) is 0 Å². The van der Waals surface area contributed by atoms with Gasteiger partial charge in [-0.3, -0.25) is 0 Å². The molecule has 13 heavy (non-hydrogen) atoms. The average Bonchev–Trinajstić information content (AvgIpc) is 2.52. The van der Waals surface area contributed by atoms with Gasteiger partial charge in [-0.25, -0.2) is 0 Å². The fourth-order valence-electron chi connectivity index (χ4n) is 1.96. The molecule has 0 saturated heterocycles. The summed E-state index contributed by atoms with van der Waals surface area (Å²) in [7, 11) is 0. The molecular weight excluding hydrogens is 164 g/mol. The van der Waals surface area contributed by atoms with Crippen molar-refractivity contribution in [2.24, 2.45) is 5.92 Å². The Labute approximate surface area is 79.8 Å². The minimum Gasteiger partial charge on any atom is -0.396 e. The predicted octanol–water partition coefficient (Wildman–Crippen LogP) is 1.04. The summed E-state index contributed by atoms with van der Waals surface area (Å²) in [4.78, 5) is 0. The van der Waals surface area contributed by atoms with E-state index in [-0.39, 0.29) is 12.5 Å². The maximum absolute atomic E-state index is 8.84.